The number of aromatic nitrogens is 1. The first-order valence-electron chi connectivity index (χ1n) is 9.05. The molecule has 2 rings (SSSR count). The number of halogens is 1. The molecule has 0 saturated heterocycles. The first kappa shape index (κ1) is 22.0. The summed E-state index contributed by atoms with van der Waals surface area (Å²) in [4.78, 5) is 29.4. The van der Waals surface area contributed by atoms with Gasteiger partial charge in [0.1, 0.15) is 4.88 Å². The third kappa shape index (κ3) is 4.74. The van der Waals surface area contributed by atoms with E-state index in [9.17, 15) is 9.59 Å². The second-order valence-corrected chi connectivity index (χ2v) is 7.98. The lowest BCUT2D eigenvalue weighted by atomic mass is 10.0. The number of unbranched alkanes of at least 4 members (excludes halogenated alkanes) is 1. The maximum absolute atomic E-state index is 12.8. The zero-order valence-electron chi connectivity index (χ0n) is 16.7. The summed E-state index contributed by atoms with van der Waals surface area (Å²) in [5, 5.41) is 9.07. The second-order valence-electron chi connectivity index (χ2n) is 6.60. The molecule has 0 radical (unpaired) electrons. The summed E-state index contributed by atoms with van der Waals surface area (Å²) >= 11 is 7.52. The van der Waals surface area contributed by atoms with Crippen LogP contribution in [-0.4, -0.2) is 23.5 Å². The number of aryl methyl sites for hydroxylation is 1. The highest BCUT2D eigenvalue weighted by atomic mass is 35.5. The van der Waals surface area contributed by atoms with Crippen molar-refractivity contribution in [1.29, 1.82) is 0 Å². The van der Waals surface area contributed by atoms with Crippen molar-refractivity contribution in [3.63, 3.8) is 0 Å². The predicted molar refractivity (Wildman–Crippen MR) is 117 cm³/mol. The molecule has 0 fully saturated rings. The Labute approximate surface area is 174 Å². The molecular formula is C19H26ClN5O2S. The molecule has 2 aromatic rings. The third-order valence-corrected chi connectivity index (χ3v) is 6.12. The minimum Gasteiger partial charge on any atom is -0.398 e. The normalized spacial score (nSPS) is 10.6. The topological polar surface area (TPSA) is 109 Å². The Hall–Kier alpha value is -2.32. The molecule has 152 valence electrons. The van der Waals surface area contributed by atoms with Crippen LogP contribution in [0.15, 0.2) is 0 Å². The van der Waals surface area contributed by atoms with Crippen molar-refractivity contribution >= 4 is 51.4 Å². The highest BCUT2D eigenvalue weighted by molar-refractivity contribution is 7.17. The number of nitrogens with one attached hydrogen (secondary N) is 3. The molecule has 1 heterocycles. The van der Waals surface area contributed by atoms with E-state index in [1.165, 1.54) is 0 Å². The van der Waals surface area contributed by atoms with Crippen molar-refractivity contribution in [1.82, 2.24) is 10.3 Å². The fraction of sp³-hybridized carbons (Fsp3) is 0.421. The number of nitrogens with two attached hydrogens (primary N) is 1. The summed E-state index contributed by atoms with van der Waals surface area (Å²) in [6.45, 7) is 9.93. The number of amides is 3. The number of hydrogen-bond donors (Lipinski definition) is 4. The summed E-state index contributed by atoms with van der Waals surface area (Å²) in [7, 11) is 0. The molecule has 28 heavy (non-hydrogen) atoms. The van der Waals surface area contributed by atoms with Crippen LogP contribution in [0, 0.1) is 27.7 Å². The van der Waals surface area contributed by atoms with Crippen LogP contribution in [0.4, 0.5) is 21.3 Å². The molecule has 0 unspecified atom stereocenters. The molecule has 1 aromatic heterocycles. The Kier molecular flexibility index (Phi) is 7.26. The number of urea groups is 1. The Morgan fingerprint density at radius 3 is 2.43 bits per heavy atom. The summed E-state index contributed by atoms with van der Waals surface area (Å²) in [5.41, 5.74) is 10.2. The van der Waals surface area contributed by atoms with Gasteiger partial charge in [-0.2, -0.15) is 0 Å². The van der Waals surface area contributed by atoms with Crippen molar-refractivity contribution in [3.8, 4) is 0 Å². The Morgan fingerprint density at radius 2 is 1.79 bits per heavy atom. The van der Waals surface area contributed by atoms with Gasteiger partial charge in [0.05, 0.1) is 16.4 Å². The molecule has 0 aliphatic carbocycles. The van der Waals surface area contributed by atoms with E-state index in [4.69, 9.17) is 17.3 Å². The van der Waals surface area contributed by atoms with Crippen LogP contribution in [0.1, 0.15) is 51.8 Å². The minimum absolute atomic E-state index is 0.331. The van der Waals surface area contributed by atoms with E-state index in [-0.39, 0.29) is 11.9 Å². The van der Waals surface area contributed by atoms with Crippen molar-refractivity contribution < 1.29 is 9.59 Å². The molecule has 0 bridgehead atoms. The standard InChI is InChI=1S/C19H26ClN5O2S/c1-6-7-8-22-18(27)25-19-23-12(5)16(28-19)17(26)24-15-10(3)9(2)14(21)11(4)13(15)20/h6-8,21H2,1-5H3,(H,24,26)(H2,22,23,25,27). The van der Waals surface area contributed by atoms with Gasteiger partial charge in [0.25, 0.3) is 5.91 Å². The van der Waals surface area contributed by atoms with Crippen LogP contribution in [0.3, 0.4) is 0 Å². The van der Waals surface area contributed by atoms with Crippen LogP contribution in [-0.2, 0) is 0 Å². The number of thiazole rings is 1. The summed E-state index contributed by atoms with van der Waals surface area (Å²) < 4.78 is 0. The van der Waals surface area contributed by atoms with Crippen LogP contribution >= 0.6 is 22.9 Å². The zero-order chi connectivity index (χ0) is 21.0. The lowest BCUT2D eigenvalue weighted by Crippen LogP contribution is -2.29. The number of benzene rings is 1. The van der Waals surface area contributed by atoms with Gasteiger partial charge < -0.3 is 16.4 Å². The average molecular weight is 424 g/mol. The smallest absolute Gasteiger partial charge is 0.321 e. The van der Waals surface area contributed by atoms with Gasteiger partial charge in [-0.15, -0.1) is 0 Å². The van der Waals surface area contributed by atoms with Gasteiger partial charge in [0, 0.05) is 12.2 Å². The number of hydrogen-bond acceptors (Lipinski definition) is 5. The van der Waals surface area contributed by atoms with E-state index in [1.807, 2.05) is 27.7 Å². The number of rotatable bonds is 6. The summed E-state index contributed by atoms with van der Waals surface area (Å²) in [6, 6.07) is -0.335. The van der Waals surface area contributed by atoms with Crippen LogP contribution in [0.5, 0.6) is 0 Å². The minimum atomic E-state index is -0.335. The quantitative estimate of drug-likeness (QED) is 0.395. The maximum Gasteiger partial charge on any atom is 0.321 e. The van der Waals surface area contributed by atoms with E-state index in [0.717, 1.165) is 40.9 Å². The Morgan fingerprint density at radius 1 is 1.11 bits per heavy atom. The van der Waals surface area contributed by atoms with Gasteiger partial charge in [0.2, 0.25) is 0 Å². The monoisotopic (exact) mass is 423 g/mol. The Balaban J connectivity index is 2.18. The molecule has 3 amide bonds. The van der Waals surface area contributed by atoms with Crippen LogP contribution in [0.2, 0.25) is 5.02 Å². The molecule has 0 aliphatic heterocycles. The highest BCUT2D eigenvalue weighted by Gasteiger charge is 2.21. The number of carbonyl (C=O) groups is 2. The predicted octanol–water partition coefficient (Wildman–Crippen LogP) is 4.79. The molecule has 9 heteroatoms. The first-order chi connectivity index (χ1) is 13.2. The maximum atomic E-state index is 12.8. The van der Waals surface area contributed by atoms with Crippen LogP contribution in [0.25, 0.3) is 0 Å². The average Bonchev–Trinajstić information content (AvgIpc) is 3.02. The Bertz CT molecular complexity index is 881. The SMILES string of the molecule is CCCCNC(=O)Nc1nc(C)c(C(=O)Nc2c(C)c(C)c(N)c(C)c2Cl)s1. The van der Waals surface area contributed by atoms with Crippen molar-refractivity contribution in [2.75, 3.05) is 22.9 Å². The fourth-order valence-corrected chi connectivity index (χ4v) is 3.79. The highest BCUT2D eigenvalue weighted by Crippen LogP contribution is 2.37. The number of anilines is 3. The molecule has 1 aromatic carbocycles. The molecule has 0 atom stereocenters. The zero-order valence-corrected chi connectivity index (χ0v) is 18.3. The lowest BCUT2D eigenvalue weighted by Gasteiger charge is -2.17. The first-order valence-corrected chi connectivity index (χ1v) is 10.2. The molecule has 5 N–H and O–H groups in total. The molecule has 7 nitrogen and oxygen atoms in total. The molecular weight excluding hydrogens is 398 g/mol. The van der Waals surface area contributed by atoms with Gasteiger partial charge in [0.15, 0.2) is 5.13 Å². The van der Waals surface area contributed by atoms with Crippen LogP contribution < -0.4 is 21.7 Å². The largest absolute Gasteiger partial charge is 0.398 e. The van der Waals surface area contributed by atoms with E-state index in [1.54, 1.807) is 6.92 Å². The van der Waals surface area contributed by atoms with Gasteiger partial charge in [-0.25, -0.2) is 9.78 Å². The summed E-state index contributed by atoms with van der Waals surface area (Å²) in [6.07, 6.45) is 1.89. The van der Waals surface area contributed by atoms with Crippen molar-refractivity contribution in [2.24, 2.45) is 0 Å². The van der Waals surface area contributed by atoms with Crippen molar-refractivity contribution in [2.45, 2.75) is 47.5 Å². The lowest BCUT2D eigenvalue weighted by molar-refractivity contribution is 0.102. The summed E-state index contributed by atoms with van der Waals surface area (Å²) in [5.74, 6) is -0.331. The fourth-order valence-electron chi connectivity index (χ4n) is 2.64. The van der Waals surface area contributed by atoms with E-state index < -0.39 is 0 Å². The third-order valence-electron chi connectivity index (χ3n) is 4.57. The van der Waals surface area contributed by atoms with Gasteiger partial charge in [-0.3, -0.25) is 10.1 Å². The number of carbonyl (C=O) groups excluding carboxylic acids is 2. The molecule has 0 spiro atoms. The van der Waals surface area contributed by atoms with Gasteiger partial charge >= 0.3 is 6.03 Å². The van der Waals surface area contributed by atoms with E-state index >= 15 is 0 Å². The number of nitrogens with zero attached hydrogens (tertiary/aromatic N) is 1. The second kappa shape index (κ2) is 9.25. The van der Waals surface area contributed by atoms with E-state index in [2.05, 4.69) is 20.9 Å². The number of nitrogen functional groups attached to an aromatic ring is 1. The van der Waals surface area contributed by atoms with Gasteiger partial charge in [-0.05, 0) is 50.8 Å². The van der Waals surface area contributed by atoms with Crippen molar-refractivity contribution in [3.05, 3.63) is 32.3 Å². The molecule has 0 saturated carbocycles. The molecule has 0 aliphatic rings. The van der Waals surface area contributed by atoms with Gasteiger partial charge in [-0.1, -0.05) is 36.3 Å². The van der Waals surface area contributed by atoms with E-state index in [0.29, 0.717) is 38.6 Å².